The highest BCUT2D eigenvalue weighted by molar-refractivity contribution is 5.66. The van der Waals surface area contributed by atoms with Crippen LogP contribution in [-0.2, 0) is 9.53 Å². The van der Waals surface area contributed by atoms with Gasteiger partial charge in [0.2, 0.25) is 0 Å². The van der Waals surface area contributed by atoms with E-state index < -0.39 is 5.97 Å². The number of aliphatic carboxylic acids is 1. The Kier molecular flexibility index (Phi) is 18.7. The first-order valence-corrected chi connectivity index (χ1v) is 11.1. The van der Waals surface area contributed by atoms with Crippen molar-refractivity contribution in [3.8, 4) is 0 Å². The monoisotopic (exact) mass is 372 g/mol. The van der Waals surface area contributed by atoms with E-state index in [0.29, 0.717) is 13.0 Å². The lowest BCUT2D eigenvalue weighted by molar-refractivity contribution is -0.137. The summed E-state index contributed by atoms with van der Waals surface area (Å²) < 4.78 is 5.93. The third kappa shape index (κ3) is 16.8. The van der Waals surface area contributed by atoms with E-state index in [1.165, 1.54) is 44.9 Å². The van der Waals surface area contributed by atoms with Crippen LogP contribution < -0.4 is 0 Å². The number of ether oxygens (including phenoxy) is 1. The van der Waals surface area contributed by atoms with Crippen molar-refractivity contribution >= 4 is 5.97 Å². The highest BCUT2D eigenvalue weighted by atomic mass is 16.5. The summed E-state index contributed by atoms with van der Waals surface area (Å²) in [6.07, 6.45) is 16.3. The van der Waals surface area contributed by atoms with E-state index in [1.807, 2.05) is 0 Å². The van der Waals surface area contributed by atoms with Gasteiger partial charge in [-0.3, -0.25) is 4.79 Å². The number of hydrogen-bond donors (Lipinski definition) is 2. The Morgan fingerprint density at radius 2 is 1.31 bits per heavy atom. The number of carbonyl (C=O) groups is 1. The fourth-order valence-electron chi connectivity index (χ4n) is 3.24. The zero-order valence-corrected chi connectivity index (χ0v) is 17.4. The first-order chi connectivity index (χ1) is 12.6. The molecule has 0 heterocycles. The molecule has 2 unspecified atom stereocenters. The molecule has 156 valence electrons. The quantitative estimate of drug-likeness (QED) is 0.253. The average Bonchev–Trinajstić information content (AvgIpc) is 2.61. The van der Waals surface area contributed by atoms with E-state index in [0.717, 1.165) is 44.9 Å². The Hall–Kier alpha value is -0.610. The number of unbranched alkanes of at least 4 members (excludes halogenated alkanes) is 10. The van der Waals surface area contributed by atoms with Crippen molar-refractivity contribution in [1.29, 1.82) is 0 Å². The van der Waals surface area contributed by atoms with Gasteiger partial charge >= 0.3 is 5.97 Å². The molecule has 0 bridgehead atoms. The third-order valence-electron chi connectivity index (χ3n) is 4.99. The van der Waals surface area contributed by atoms with Crippen molar-refractivity contribution in [2.24, 2.45) is 0 Å². The van der Waals surface area contributed by atoms with Crippen LogP contribution in [0.1, 0.15) is 117 Å². The molecule has 0 radical (unpaired) electrons. The van der Waals surface area contributed by atoms with E-state index in [2.05, 4.69) is 13.8 Å². The van der Waals surface area contributed by atoms with Gasteiger partial charge in [0.25, 0.3) is 0 Å². The van der Waals surface area contributed by atoms with Gasteiger partial charge < -0.3 is 14.9 Å². The van der Waals surface area contributed by atoms with Gasteiger partial charge in [-0.15, -0.1) is 0 Å². The Labute approximate surface area is 161 Å². The van der Waals surface area contributed by atoms with Crippen molar-refractivity contribution in [1.82, 2.24) is 0 Å². The van der Waals surface area contributed by atoms with E-state index in [1.54, 1.807) is 0 Å². The van der Waals surface area contributed by atoms with Gasteiger partial charge in [-0.2, -0.15) is 0 Å². The Morgan fingerprint density at radius 3 is 1.92 bits per heavy atom. The van der Waals surface area contributed by atoms with Gasteiger partial charge in [-0.05, 0) is 25.7 Å². The van der Waals surface area contributed by atoms with Crippen molar-refractivity contribution in [3.05, 3.63) is 0 Å². The molecular weight excluding hydrogens is 328 g/mol. The molecule has 2 atom stereocenters. The van der Waals surface area contributed by atoms with Crippen LogP contribution in [0.2, 0.25) is 0 Å². The van der Waals surface area contributed by atoms with Crippen LogP contribution in [0.15, 0.2) is 0 Å². The van der Waals surface area contributed by atoms with Crippen molar-refractivity contribution in [3.63, 3.8) is 0 Å². The summed E-state index contributed by atoms with van der Waals surface area (Å²) in [4.78, 5) is 10.6. The lowest BCUT2D eigenvalue weighted by Gasteiger charge is -2.23. The van der Waals surface area contributed by atoms with Gasteiger partial charge in [0.05, 0.1) is 12.2 Å². The molecule has 0 spiro atoms. The van der Waals surface area contributed by atoms with E-state index in [9.17, 15) is 9.90 Å². The van der Waals surface area contributed by atoms with Gasteiger partial charge in [0, 0.05) is 13.0 Å². The second-order valence-electron chi connectivity index (χ2n) is 7.59. The van der Waals surface area contributed by atoms with Crippen LogP contribution >= 0.6 is 0 Å². The van der Waals surface area contributed by atoms with Gasteiger partial charge in [0.15, 0.2) is 0 Å². The SMILES string of the molecule is CCCCCCCCCCC(O)C(CCCCCC(=O)O)OCCCC. The van der Waals surface area contributed by atoms with E-state index >= 15 is 0 Å². The fourth-order valence-corrected chi connectivity index (χ4v) is 3.24. The molecule has 0 fully saturated rings. The van der Waals surface area contributed by atoms with Crippen molar-refractivity contribution in [2.75, 3.05) is 6.61 Å². The summed E-state index contributed by atoms with van der Waals surface area (Å²) in [7, 11) is 0. The zero-order chi connectivity index (χ0) is 19.5. The Morgan fingerprint density at radius 1 is 0.769 bits per heavy atom. The van der Waals surface area contributed by atoms with Gasteiger partial charge in [0.1, 0.15) is 0 Å². The lowest BCUT2D eigenvalue weighted by Crippen LogP contribution is -2.29. The second-order valence-corrected chi connectivity index (χ2v) is 7.59. The normalized spacial score (nSPS) is 13.7. The fraction of sp³-hybridized carbons (Fsp3) is 0.955. The maximum Gasteiger partial charge on any atom is 0.303 e. The predicted molar refractivity (Wildman–Crippen MR) is 109 cm³/mol. The molecule has 0 aromatic heterocycles. The average molecular weight is 373 g/mol. The minimum Gasteiger partial charge on any atom is -0.481 e. The van der Waals surface area contributed by atoms with Crippen LogP contribution in [0.3, 0.4) is 0 Å². The molecule has 0 aliphatic rings. The van der Waals surface area contributed by atoms with Crippen molar-refractivity contribution in [2.45, 2.75) is 129 Å². The van der Waals surface area contributed by atoms with E-state index in [4.69, 9.17) is 9.84 Å². The largest absolute Gasteiger partial charge is 0.481 e. The van der Waals surface area contributed by atoms with Crippen LogP contribution in [0.25, 0.3) is 0 Å². The van der Waals surface area contributed by atoms with Crippen LogP contribution in [0, 0.1) is 0 Å². The highest BCUT2D eigenvalue weighted by Crippen LogP contribution is 2.18. The molecule has 0 amide bonds. The minimum atomic E-state index is -0.726. The molecule has 4 heteroatoms. The first kappa shape index (κ1) is 25.4. The molecule has 0 saturated carbocycles. The molecule has 4 nitrogen and oxygen atoms in total. The summed E-state index contributed by atoms with van der Waals surface area (Å²) in [6, 6.07) is 0. The lowest BCUT2D eigenvalue weighted by atomic mass is 9.99. The van der Waals surface area contributed by atoms with Crippen LogP contribution in [-0.4, -0.2) is 35.0 Å². The summed E-state index contributed by atoms with van der Waals surface area (Å²) in [5.41, 5.74) is 0. The molecule has 0 saturated heterocycles. The zero-order valence-electron chi connectivity index (χ0n) is 17.4. The van der Waals surface area contributed by atoms with Crippen molar-refractivity contribution < 1.29 is 19.7 Å². The number of rotatable bonds is 20. The molecule has 2 N–H and O–H groups in total. The van der Waals surface area contributed by atoms with E-state index in [-0.39, 0.29) is 18.6 Å². The predicted octanol–water partition coefficient (Wildman–Crippen LogP) is 6.10. The summed E-state index contributed by atoms with van der Waals surface area (Å²) in [5.74, 6) is -0.726. The smallest absolute Gasteiger partial charge is 0.303 e. The standard InChI is InChI=1S/C22H44O4/c1-3-5-7-8-9-10-11-13-16-20(23)21(26-19-6-4-2)17-14-12-15-18-22(24)25/h20-21,23H,3-19H2,1-2H3,(H,24,25). The summed E-state index contributed by atoms with van der Waals surface area (Å²) in [5, 5.41) is 19.2. The topological polar surface area (TPSA) is 66.8 Å². The Bertz CT molecular complexity index is 307. The molecule has 0 aliphatic heterocycles. The molecule has 0 aliphatic carbocycles. The second kappa shape index (κ2) is 19.2. The first-order valence-electron chi connectivity index (χ1n) is 11.1. The van der Waals surface area contributed by atoms with Crippen LogP contribution in [0.5, 0.6) is 0 Å². The highest BCUT2D eigenvalue weighted by Gasteiger charge is 2.19. The molecular formula is C22H44O4. The number of hydrogen-bond acceptors (Lipinski definition) is 3. The third-order valence-corrected chi connectivity index (χ3v) is 4.99. The number of carboxylic acids is 1. The number of aliphatic hydroxyl groups is 1. The summed E-state index contributed by atoms with van der Waals surface area (Å²) in [6.45, 7) is 5.10. The van der Waals surface area contributed by atoms with Crippen LogP contribution in [0.4, 0.5) is 0 Å². The molecule has 0 aromatic carbocycles. The molecule has 0 aromatic rings. The number of aliphatic hydroxyl groups excluding tert-OH is 1. The van der Waals surface area contributed by atoms with Gasteiger partial charge in [-0.1, -0.05) is 84.5 Å². The minimum absolute atomic E-state index is 0.0871. The maximum absolute atomic E-state index is 10.6. The maximum atomic E-state index is 10.6. The molecule has 26 heavy (non-hydrogen) atoms. The summed E-state index contributed by atoms with van der Waals surface area (Å²) >= 11 is 0. The Balaban J connectivity index is 3.90. The molecule has 0 rings (SSSR count). The number of carboxylic acid groups (broad SMARTS) is 1. The van der Waals surface area contributed by atoms with Gasteiger partial charge in [-0.25, -0.2) is 0 Å².